The molecule has 12 heteroatoms. The first-order valence-electron chi connectivity index (χ1n) is 19.5. The summed E-state index contributed by atoms with van der Waals surface area (Å²) in [5.41, 5.74) is 4.72. The lowest BCUT2D eigenvalue weighted by Gasteiger charge is -2.34. The van der Waals surface area contributed by atoms with Crippen LogP contribution in [-0.4, -0.2) is 11.6 Å². The highest BCUT2D eigenvalue weighted by Crippen LogP contribution is 2.57. The summed E-state index contributed by atoms with van der Waals surface area (Å²) in [4.78, 5) is 27.7. The molecule has 0 atom stereocenters. The van der Waals surface area contributed by atoms with E-state index >= 15 is 0 Å². The molecule has 0 aliphatic heterocycles. The molecule has 0 heterocycles. The second-order valence-corrected chi connectivity index (χ2v) is 14.2. The summed E-state index contributed by atoms with van der Waals surface area (Å²) in [6.07, 6.45) is 7.33. The molecule has 0 saturated heterocycles. The van der Waals surface area contributed by atoms with Gasteiger partial charge in [0.1, 0.15) is 11.5 Å². The van der Waals surface area contributed by atoms with E-state index in [2.05, 4.69) is 12.1 Å². The lowest BCUT2D eigenvalue weighted by Crippen LogP contribution is -2.29. The summed E-state index contributed by atoms with van der Waals surface area (Å²) in [6.45, 7) is 0. The Balaban J connectivity index is 1.36. The van der Waals surface area contributed by atoms with Crippen LogP contribution in [0.4, 0.5) is 26.3 Å². The van der Waals surface area contributed by atoms with Crippen molar-refractivity contribution in [1.29, 1.82) is 10.5 Å². The number of hydrogen-bond acceptors (Lipinski definition) is 6. The largest absolute Gasteiger partial charge is 0.428 e. The van der Waals surface area contributed by atoms with Crippen molar-refractivity contribution in [2.24, 2.45) is 0 Å². The van der Waals surface area contributed by atoms with Crippen LogP contribution in [0.5, 0.6) is 11.5 Å². The molecule has 7 rings (SSSR count). The molecule has 0 amide bonds. The number of hydrogen-bond donors (Lipinski definition) is 0. The molecule has 318 valence electrons. The molecule has 0 unspecified atom stereocenters. The Labute approximate surface area is 368 Å². The number of allylic oxidation sites excluding steroid dienone is 6. The van der Waals surface area contributed by atoms with Gasteiger partial charge in [-0.1, -0.05) is 109 Å². The van der Waals surface area contributed by atoms with Crippen LogP contribution < -0.4 is 9.47 Å². The predicted octanol–water partition coefficient (Wildman–Crippen LogP) is 13.5. The van der Waals surface area contributed by atoms with E-state index in [0.717, 1.165) is 11.1 Å². The number of ether oxygens (including phenoxy) is 2. The van der Waals surface area contributed by atoms with Crippen LogP contribution in [0.2, 0.25) is 0 Å². The fourth-order valence-corrected chi connectivity index (χ4v) is 7.40. The summed E-state index contributed by atoms with van der Waals surface area (Å²) >= 11 is 0. The first kappa shape index (κ1) is 44.3. The number of rotatable bonds is 14. The fourth-order valence-electron chi connectivity index (χ4n) is 7.40. The average molecular weight is 873 g/mol. The van der Waals surface area contributed by atoms with E-state index in [1.54, 1.807) is 121 Å². The Morgan fingerprint density at radius 2 is 0.846 bits per heavy atom. The van der Waals surface area contributed by atoms with Gasteiger partial charge >= 0.3 is 24.2 Å². The zero-order valence-electron chi connectivity index (χ0n) is 33.6. The van der Waals surface area contributed by atoms with Crippen molar-refractivity contribution in [3.63, 3.8) is 0 Å². The third-order valence-electron chi connectivity index (χ3n) is 10.4. The van der Waals surface area contributed by atoms with Crippen molar-refractivity contribution in [1.82, 2.24) is 0 Å². The maximum atomic E-state index is 13.9. The SMILES string of the molecule is N#Cc1ccc(C=CC=CC(=O)c2ccc3c(c2)C(c2ccc(OC(F)=C(F)F)cc2)(c2ccc(OC(F)=C(F)F)cc2)c2cc(C(=O)C=CC=Cc4ccc(C#N)cc4)ccc2-3)cc1. The molecule has 6 nitrogen and oxygen atoms in total. The molecule has 0 bridgehead atoms. The van der Waals surface area contributed by atoms with Gasteiger partial charge in [0.2, 0.25) is 0 Å². The number of benzene rings is 6. The van der Waals surface area contributed by atoms with Crippen molar-refractivity contribution in [3.8, 4) is 34.8 Å². The molecule has 1 aliphatic rings. The Bertz CT molecular complexity index is 2860. The highest BCUT2D eigenvalue weighted by atomic mass is 19.3. The van der Waals surface area contributed by atoms with Crippen LogP contribution in [0.25, 0.3) is 23.3 Å². The third kappa shape index (κ3) is 9.68. The van der Waals surface area contributed by atoms with Gasteiger partial charge in [-0.15, -0.1) is 0 Å². The Hall–Kier alpha value is -8.74. The van der Waals surface area contributed by atoms with Gasteiger partial charge in [0, 0.05) is 11.1 Å². The number of halogens is 6. The van der Waals surface area contributed by atoms with Gasteiger partial charge in [-0.05, 0) is 117 Å². The normalized spacial score (nSPS) is 12.4. The van der Waals surface area contributed by atoms with E-state index < -0.39 is 41.2 Å². The van der Waals surface area contributed by atoms with Crippen LogP contribution >= 0.6 is 0 Å². The van der Waals surface area contributed by atoms with Gasteiger partial charge in [-0.2, -0.15) is 36.9 Å². The number of nitrogens with zero attached hydrogens (tertiary/aromatic N) is 2. The molecular weight excluding hydrogens is 843 g/mol. The van der Waals surface area contributed by atoms with Gasteiger partial charge < -0.3 is 9.47 Å². The van der Waals surface area contributed by atoms with Crippen molar-refractivity contribution >= 4 is 23.7 Å². The van der Waals surface area contributed by atoms with Crippen LogP contribution in [0, 0.1) is 22.7 Å². The van der Waals surface area contributed by atoms with Crippen LogP contribution in [-0.2, 0) is 5.41 Å². The number of carbonyl (C=O) groups excluding carboxylic acids is 2. The van der Waals surface area contributed by atoms with Crippen molar-refractivity contribution in [2.75, 3.05) is 0 Å². The van der Waals surface area contributed by atoms with E-state index in [-0.39, 0.29) is 22.6 Å². The third-order valence-corrected chi connectivity index (χ3v) is 10.4. The first-order chi connectivity index (χ1) is 31.4. The summed E-state index contributed by atoms with van der Waals surface area (Å²) < 4.78 is 89.4. The predicted molar refractivity (Wildman–Crippen MR) is 233 cm³/mol. The second-order valence-electron chi connectivity index (χ2n) is 14.2. The van der Waals surface area contributed by atoms with Crippen LogP contribution in [0.3, 0.4) is 0 Å². The zero-order valence-corrected chi connectivity index (χ0v) is 33.6. The molecule has 0 N–H and O–H groups in total. The Kier molecular flexibility index (Phi) is 13.3. The minimum absolute atomic E-state index is 0.244. The maximum absolute atomic E-state index is 13.9. The molecule has 6 aromatic carbocycles. The molecule has 1 aliphatic carbocycles. The lowest BCUT2D eigenvalue weighted by atomic mass is 9.67. The molecule has 65 heavy (non-hydrogen) atoms. The fraction of sp³-hybridized carbons (Fsp3) is 0.0189. The van der Waals surface area contributed by atoms with Crippen LogP contribution in [0.15, 0.2) is 194 Å². The molecule has 0 spiro atoms. The topological polar surface area (TPSA) is 100 Å². The Morgan fingerprint density at radius 3 is 1.18 bits per heavy atom. The smallest absolute Gasteiger partial charge is 0.344 e. The molecular formula is C53H30F6N2O4. The van der Waals surface area contributed by atoms with E-state index in [1.165, 1.54) is 60.7 Å². The Morgan fingerprint density at radius 1 is 0.477 bits per heavy atom. The van der Waals surface area contributed by atoms with Gasteiger partial charge in [-0.25, -0.2) is 0 Å². The first-order valence-corrected chi connectivity index (χ1v) is 19.5. The number of ketones is 2. The molecule has 0 saturated carbocycles. The summed E-state index contributed by atoms with van der Waals surface area (Å²) in [5, 5.41) is 18.2. The van der Waals surface area contributed by atoms with Gasteiger partial charge in [0.25, 0.3) is 0 Å². The van der Waals surface area contributed by atoms with E-state index in [1.807, 2.05) is 0 Å². The molecule has 0 radical (unpaired) electrons. The minimum Gasteiger partial charge on any atom is -0.428 e. The lowest BCUT2D eigenvalue weighted by molar-refractivity contribution is 0.103. The monoisotopic (exact) mass is 872 g/mol. The maximum Gasteiger partial charge on any atom is 0.344 e. The number of nitriles is 2. The van der Waals surface area contributed by atoms with Crippen molar-refractivity contribution in [2.45, 2.75) is 5.41 Å². The minimum atomic E-state index is -2.67. The molecule has 0 aromatic heterocycles. The number of carbonyl (C=O) groups is 2. The standard InChI is InChI=1S/C53H30F6N2O4/c54-49(55)51(58)64-41-23-19-39(20-24-41)53(40-21-25-42(26-22-40)65-52(59)50(56)57)45-29-37(47(62)7-3-1-5-33-9-13-35(31-60)14-10-33)17-27-43(45)44-28-18-38(30-46(44)53)48(63)8-4-2-6-34-11-15-36(32-61)16-12-34/h1-30H. The van der Waals surface area contributed by atoms with E-state index in [9.17, 15) is 35.9 Å². The highest BCUT2D eigenvalue weighted by molar-refractivity contribution is 6.07. The zero-order chi connectivity index (χ0) is 46.1. The van der Waals surface area contributed by atoms with Gasteiger partial charge in [0.05, 0.1) is 28.7 Å². The highest BCUT2D eigenvalue weighted by Gasteiger charge is 2.47. The summed E-state index contributed by atoms with van der Waals surface area (Å²) in [7, 11) is 0. The van der Waals surface area contributed by atoms with Crippen molar-refractivity contribution in [3.05, 3.63) is 250 Å². The summed E-state index contributed by atoms with van der Waals surface area (Å²) in [5.74, 6) is -1.34. The van der Waals surface area contributed by atoms with Gasteiger partial charge in [0.15, 0.2) is 11.6 Å². The quantitative estimate of drug-likeness (QED) is 0.0355. The average Bonchev–Trinajstić information content (AvgIpc) is 3.62. The molecule has 0 fully saturated rings. The van der Waals surface area contributed by atoms with E-state index in [0.29, 0.717) is 44.5 Å². The summed E-state index contributed by atoms with van der Waals surface area (Å²) in [6, 6.07) is 34.7. The van der Waals surface area contributed by atoms with E-state index in [4.69, 9.17) is 20.0 Å². The molecule has 6 aromatic rings. The van der Waals surface area contributed by atoms with Gasteiger partial charge in [-0.3, -0.25) is 9.59 Å². The van der Waals surface area contributed by atoms with Crippen LogP contribution in [0.1, 0.15) is 65.2 Å². The second kappa shape index (κ2) is 19.5. The van der Waals surface area contributed by atoms with Crippen molar-refractivity contribution < 1.29 is 45.4 Å². The number of fused-ring (bicyclic) bond motifs is 3.